The molecule has 2 aromatic carbocycles. The molecule has 0 saturated carbocycles. The topological polar surface area (TPSA) is 128 Å². The molecule has 0 fully saturated rings. The van der Waals surface area contributed by atoms with E-state index in [1.165, 1.54) is 24.4 Å². The zero-order valence-corrected chi connectivity index (χ0v) is 25.4. The van der Waals surface area contributed by atoms with Gasteiger partial charge in [-0.3, -0.25) is 19.9 Å². The number of aromatic amines is 2. The predicted molar refractivity (Wildman–Crippen MR) is 173 cm³/mol. The first-order valence-corrected chi connectivity index (χ1v) is 14.6. The number of aromatic nitrogens is 6. The van der Waals surface area contributed by atoms with Crippen LogP contribution in [0.2, 0.25) is 0 Å². The van der Waals surface area contributed by atoms with Crippen LogP contribution < -0.4 is 10.6 Å². The Balaban J connectivity index is 1.36. The number of nitrogens with one attached hydrogen (secondary N) is 4. The van der Waals surface area contributed by atoms with Crippen molar-refractivity contribution in [3.63, 3.8) is 0 Å². The van der Waals surface area contributed by atoms with E-state index in [0.717, 1.165) is 6.54 Å². The summed E-state index contributed by atoms with van der Waals surface area (Å²) in [5, 5.41) is 14.1. The minimum Gasteiger partial charge on any atom is -0.384 e. The Morgan fingerprint density at radius 2 is 1.80 bits per heavy atom. The van der Waals surface area contributed by atoms with Crippen molar-refractivity contribution in [2.75, 3.05) is 37.8 Å². The van der Waals surface area contributed by atoms with Gasteiger partial charge in [-0.15, -0.1) is 0 Å². The Bertz CT molecular complexity index is 2020. The molecule has 10 nitrogen and oxygen atoms in total. The van der Waals surface area contributed by atoms with E-state index < -0.39 is 5.82 Å². The van der Waals surface area contributed by atoms with Crippen molar-refractivity contribution in [1.29, 1.82) is 0 Å². The van der Waals surface area contributed by atoms with Crippen LogP contribution in [0.5, 0.6) is 0 Å². The summed E-state index contributed by atoms with van der Waals surface area (Å²) in [6, 6.07) is 11.3. The highest BCUT2D eigenvalue weighted by Crippen LogP contribution is 2.35. The number of pyridine rings is 2. The maximum atomic E-state index is 15.3. The van der Waals surface area contributed by atoms with Crippen LogP contribution in [0.4, 0.5) is 20.2 Å². The molecular weight excluding hydrogens is 576 g/mol. The van der Waals surface area contributed by atoms with Crippen molar-refractivity contribution in [2.45, 2.75) is 20.3 Å². The van der Waals surface area contributed by atoms with Gasteiger partial charge in [0.2, 0.25) is 5.91 Å². The lowest BCUT2D eigenvalue weighted by Crippen LogP contribution is -2.20. The summed E-state index contributed by atoms with van der Waals surface area (Å²) in [5.41, 5.74) is 5.22. The second-order valence-electron chi connectivity index (χ2n) is 11.7. The van der Waals surface area contributed by atoms with E-state index in [9.17, 15) is 9.18 Å². The Morgan fingerprint density at radius 1 is 0.978 bits per heavy atom. The van der Waals surface area contributed by atoms with Crippen molar-refractivity contribution < 1.29 is 13.6 Å². The van der Waals surface area contributed by atoms with Gasteiger partial charge in [-0.2, -0.15) is 5.10 Å². The summed E-state index contributed by atoms with van der Waals surface area (Å²) in [6.07, 6.45) is 5.08. The first kappa shape index (κ1) is 29.8. The summed E-state index contributed by atoms with van der Waals surface area (Å²) in [4.78, 5) is 31.2. The number of hydrogen-bond acceptors (Lipinski definition) is 7. The lowest BCUT2D eigenvalue weighted by molar-refractivity contribution is -0.116. The number of fused-ring (bicyclic) bond motifs is 2. The van der Waals surface area contributed by atoms with Crippen molar-refractivity contribution in [3.05, 3.63) is 72.7 Å². The second-order valence-corrected chi connectivity index (χ2v) is 11.7. The van der Waals surface area contributed by atoms with Crippen LogP contribution in [-0.2, 0) is 4.79 Å². The third kappa shape index (κ3) is 6.50. The fourth-order valence-corrected chi connectivity index (χ4v) is 5.19. The van der Waals surface area contributed by atoms with E-state index in [-0.39, 0.29) is 17.6 Å². The van der Waals surface area contributed by atoms with Gasteiger partial charge in [0.05, 0.1) is 28.6 Å². The zero-order chi connectivity index (χ0) is 31.7. The Labute approximate surface area is 258 Å². The molecule has 0 bridgehead atoms. The summed E-state index contributed by atoms with van der Waals surface area (Å²) in [5.74, 6) is -0.350. The molecule has 230 valence electrons. The zero-order valence-electron chi connectivity index (χ0n) is 25.4. The number of nitrogens with zero attached hydrogens (tertiary/aromatic N) is 5. The number of rotatable bonds is 10. The van der Waals surface area contributed by atoms with E-state index >= 15 is 4.39 Å². The smallest absolute Gasteiger partial charge is 0.224 e. The fourth-order valence-electron chi connectivity index (χ4n) is 5.19. The second kappa shape index (κ2) is 12.4. The third-order valence-electron chi connectivity index (χ3n) is 7.26. The summed E-state index contributed by atoms with van der Waals surface area (Å²) < 4.78 is 30.0. The molecule has 6 aromatic rings. The average Bonchev–Trinajstić information content (AvgIpc) is 3.59. The van der Waals surface area contributed by atoms with Gasteiger partial charge in [0, 0.05) is 65.7 Å². The summed E-state index contributed by atoms with van der Waals surface area (Å²) in [6.45, 7) is 5.37. The molecule has 0 aliphatic carbocycles. The molecule has 0 radical (unpaired) electrons. The van der Waals surface area contributed by atoms with Gasteiger partial charge in [-0.1, -0.05) is 13.8 Å². The Morgan fingerprint density at radius 3 is 2.60 bits per heavy atom. The monoisotopic (exact) mass is 609 g/mol. The standard InChI is InChI=1S/C33H33F2N9O/c1-18(2)9-29(45)39-23-12-20(16-36-17-23)24-14-25-28(15-26(24)35)42-43-31(25)33-40-27-5-6-38-30(32(27)41-33)19-10-21(34)13-22(11-19)37-7-8-44(3)4/h5-6,10-18,37H,7-9H2,1-4H3,(H,39,45)(H,40,41)(H,42,43). The molecule has 0 unspecified atom stereocenters. The highest BCUT2D eigenvalue weighted by atomic mass is 19.1. The first-order chi connectivity index (χ1) is 21.6. The van der Waals surface area contributed by atoms with E-state index in [1.807, 2.05) is 38.9 Å². The normalized spacial score (nSPS) is 11.6. The first-order valence-electron chi connectivity index (χ1n) is 14.6. The minimum atomic E-state index is -0.470. The van der Waals surface area contributed by atoms with Crippen LogP contribution in [0.1, 0.15) is 20.3 Å². The molecule has 0 aliphatic heterocycles. The fraction of sp³-hybridized carbons (Fsp3) is 0.242. The van der Waals surface area contributed by atoms with Gasteiger partial charge in [0.1, 0.15) is 22.8 Å². The molecule has 0 spiro atoms. The van der Waals surface area contributed by atoms with Crippen LogP contribution >= 0.6 is 0 Å². The Hall–Kier alpha value is -5.23. The lowest BCUT2D eigenvalue weighted by atomic mass is 10.0. The van der Waals surface area contributed by atoms with Gasteiger partial charge in [-0.25, -0.2) is 13.8 Å². The summed E-state index contributed by atoms with van der Waals surface area (Å²) in [7, 11) is 3.95. The van der Waals surface area contributed by atoms with Gasteiger partial charge < -0.3 is 20.5 Å². The van der Waals surface area contributed by atoms with E-state index in [1.54, 1.807) is 30.6 Å². The maximum absolute atomic E-state index is 15.3. The number of carbonyl (C=O) groups is 1. The molecule has 4 aromatic heterocycles. The largest absolute Gasteiger partial charge is 0.384 e. The van der Waals surface area contributed by atoms with Crippen molar-refractivity contribution in [1.82, 2.24) is 35.0 Å². The minimum absolute atomic E-state index is 0.134. The number of imidazole rings is 1. The van der Waals surface area contributed by atoms with E-state index in [2.05, 4.69) is 35.8 Å². The molecule has 0 aliphatic rings. The van der Waals surface area contributed by atoms with Crippen molar-refractivity contribution >= 4 is 39.2 Å². The summed E-state index contributed by atoms with van der Waals surface area (Å²) >= 11 is 0. The van der Waals surface area contributed by atoms with Crippen molar-refractivity contribution in [3.8, 4) is 33.9 Å². The lowest BCUT2D eigenvalue weighted by Gasteiger charge is -2.12. The number of likely N-dealkylation sites (N-methyl/N-ethyl adjacent to an activating group) is 1. The van der Waals surface area contributed by atoms with Gasteiger partial charge in [-0.05, 0) is 56.4 Å². The molecule has 4 heterocycles. The number of carbonyl (C=O) groups excluding carboxylic acids is 1. The molecule has 0 saturated heterocycles. The van der Waals surface area contributed by atoms with Crippen LogP contribution in [0.25, 0.3) is 55.8 Å². The van der Waals surface area contributed by atoms with Crippen LogP contribution in [0.15, 0.2) is 61.1 Å². The molecule has 6 rings (SSSR count). The highest BCUT2D eigenvalue weighted by molar-refractivity contribution is 5.98. The van der Waals surface area contributed by atoms with Crippen LogP contribution in [-0.4, -0.2) is 68.1 Å². The number of benzene rings is 2. The van der Waals surface area contributed by atoms with Crippen molar-refractivity contribution in [2.24, 2.45) is 5.92 Å². The van der Waals surface area contributed by atoms with Gasteiger partial charge in [0.25, 0.3) is 0 Å². The number of H-pyrrole nitrogens is 2. The highest BCUT2D eigenvalue weighted by Gasteiger charge is 2.19. The molecule has 1 amide bonds. The van der Waals surface area contributed by atoms with E-state index in [4.69, 9.17) is 4.98 Å². The quantitative estimate of drug-likeness (QED) is 0.140. The molecule has 12 heteroatoms. The number of hydrogen-bond donors (Lipinski definition) is 4. The Kier molecular flexibility index (Phi) is 8.22. The molecule has 45 heavy (non-hydrogen) atoms. The van der Waals surface area contributed by atoms with Gasteiger partial charge >= 0.3 is 0 Å². The average molecular weight is 610 g/mol. The van der Waals surface area contributed by atoms with Crippen LogP contribution in [0, 0.1) is 17.6 Å². The van der Waals surface area contributed by atoms with Crippen LogP contribution in [0.3, 0.4) is 0 Å². The molecule has 4 N–H and O–H groups in total. The predicted octanol–water partition coefficient (Wildman–Crippen LogP) is 6.47. The maximum Gasteiger partial charge on any atom is 0.224 e. The number of amides is 1. The number of halogens is 2. The third-order valence-corrected chi connectivity index (χ3v) is 7.26. The SMILES string of the molecule is CC(C)CC(=O)Nc1cncc(-c2cc3c(-c4nc5c(-c6cc(F)cc(NCCN(C)C)c6)nccc5[nH]4)n[nH]c3cc2F)c1. The molecular formula is C33H33F2N9O. The number of anilines is 2. The van der Waals surface area contributed by atoms with E-state index in [0.29, 0.717) is 80.2 Å². The molecule has 0 atom stereocenters. The van der Waals surface area contributed by atoms with Gasteiger partial charge in [0.15, 0.2) is 5.82 Å².